The minimum atomic E-state index is 0.0818. The lowest BCUT2D eigenvalue weighted by Gasteiger charge is -2.29. The number of carbonyl (C=O) groups is 1. The van der Waals surface area contributed by atoms with Crippen LogP contribution in [0.2, 0.25) is 0 Å². The first-order valence-corrected chi connectivity index (χ1v) is 10.4. The van der Waals surface area contributed by atoms with Crippen LogP contribution in [-0.4, -0.2) is 60.0 Å². The predicted octanol–water partition coefficient (Wildman–Crippen LogP) is -0.688. The fourth-order valence-electron chi connectivity index (χ4n) is 3.82. The van der Waals surface area contributed by atoms with E-state index < -0.39 is 0 Å². The summed E-state index contributed by atoms with van der Waals surface area (Å²) in [6.07, 6.45) is 0. The van der Waals surface area contributed by atoms with Crippen molar-refractivity contribution in [3.8, 4) is 17.2 Å². The van der Waals surface area contributed by atoms with Gasteiger partial charge >= 0.3 is 0 Å². The van der Waals surface area contributed by atoms with E-state index >= 15 is 0 Å². The first-order valence-electron chi connectivity index (χ1n) is 10.4. The maximum absolute atomic E-state index is 12.4. The third kappa shape index (κ3) is 6.11. The molecular weight excluding hydrogens is 382 g/mol. The summed E-state index contributed by atoms with van der Waals surface area (Å²) >= 11 is 0. The lowest BCUT2D eigenvalue weighted by Crippen LogP contribution is -3.28. The molecule has 1 saturated heterocycles. The Balaban J connectivity index is 1.39. The van der Waals surface area contributed by atoms with Gasteiger partial charge in [0.15, 0.2) is 18.0 Å². The van der Waals surface area contributed by atoms with Crippen molar-refractivity contribution in [3.63, 3.8) is 0 Å². The normalized spacial score (nSPS) is 18.5. The second kappa shape index (κ2) is 10.8. The van der Waals surface area contributed by atoms with Gasteiger partial charge in [0.1, 0.15) is 38.5 Å². The minimum absolute atomic E-state index is 0.0818. The molecule has 2 aromatic carbocycles. The monoisotopic (exact) mass is 415 g/mol. The molecule has 1 aliphatic heterocycles. The van der Waals surface area contributed by atoms with Crippen molar-refractivity contribution < 1.29 is 28.8 Å². The van der Waals surface area contributed by atoms with Crippen molar-refractivity contribution >= 4 is 5.91 Å². The highest BCUT2D eigenvalue weighted by Gasteiger charge is 2.24. The Labute approximate surface area is 178 Å². The Morgan fingerprint density at radius 2 is 1.47 bits per heavy atom. The number of nitrogens with one attached hydrogen (secondary N) is 3. The number of piperazine rings is 1. The van der Waals surface area contributed by atoms with Crippen molar-refractivity contribution in [3.05, 3.63) is 53.6 Å². The molecule has 162 valence electrons. The Morgan fingerprint density at radius 1 is 0.833 bits per heavy atom. The first kappa shape index (κ1) is 21.9. The highest BCUT2D eigenvalue weighted by atomic mass is 16.5. The maximum Gasteiger partial charge on any atom is 0.275 e. The fraction of sp³-hybridized carbons (Fsp3) is 0.435. The molecule has 0 spiro atoms. The number of ether oxygens (including phenoxy) is 3. The van der Waals surface area contributed by atoms with Gasteiger partial charge in [-0.15, -0.1) is 0 Å². The third-order valence-electron chi connectivity index (χ3n) is 5.63. The third-order valence-corrected chi connectivity index (χ3v) is 5.63. The van der Waals surface area contributed by atoms with Gasteiger partial charge in [-0.3, -0.25) is 4.79 Å². The van der Waals surface area contributed by atoms with E-state index in [1.165, 1.54) is 10.5 Å². The summed E-state index contributed by atoms with van der Waals surface area (Å²) in [4.78, 5) is 15.3. The van der Waals surface area contributed by atoms with Crippen LogP contribution in [0.25, 0.3) is 0 Å². The molecule has 1 fully saturated rings. The van der Waals surface area contributed by atoms with E-state index in [1.807, 2.05) is 30.3 Å². The number of benzene rings is 2. The van der Waals surface area contributed by atoms with E-state index in [-0.39, 0.29) is 5.91 Å². The molecule has 0 atom stereocenters. The van der Waals surface area contributed by atoms with Gasteiger partial charge in [-0.2, -0.15) is 0 Å². The van der Waals surface area contributed by atoms with Gasteiger partial charge in [0.2, 0.25) is 0 Å². The van der Waals surface area contributed by atoms with Gasteiger partial charge in [0.05, 0.1) is 21.3 Å². The van der Waals surface area contributed by atoms with Gasteiger partial charge in [0.25, 0.3) is 5.91 Å². The number of hydrogen-bond donors (Lipinski definition) is 3. The number of hydrogen-bond acceptors (Lipinski definition) is 4. The minimum Gasteiger partial charge on any atom is -0.497 e. The summed E-state index contributed by atoms with van der Waals surface area (Å²) in [6.45, 7) is 6.19. The van der Waals surface area contributed by atoms with Crippen molar-refractivity contribution in [1.82, 2.24) is 5.32 Å². The molecule has 0 bridgehead atoms. The lowest BCUT2D eigenvalue weighted by molar-refractivity contribution is -1.02. The van der Waals surface area contributed by atoms with Crippen LogP contribution in [0.3, 0.4) is 0 Å². The molecule has 0 aromatic heterocycles. The summed E-state index contributed by atoms with van der Waals surface area (Å²) in [5.74, 6) is 2.33. The highest BCUT2D eigenvalue weighted by Crippen LogP contribution is 2.27. The van der Waals surface area contributed by atoms with E-state index in [2.05, 4.69) is 17.4 Å². The van der Waals surface area contributed by atoms with Gasteiger partial charge in [-0.25, -0.2) is 0 Å². The Bertz CT molecular complexity index is 818. The van der Waals surface area contributed by atoms with E-state index in [9.17, 15) is 4.79 Å². The maximum atomic E-state index is 12.4. The summed E-state index contributed by atoms with van der Waals surface area (Å²) in [7, 11) is 4.91. The second-order valence-electron chi connectivity index (χ2n) is 7.67. The van der Waals surface area contributed by atoms with E-state index in [0.29, 0.717) is 24.6 Å². The summed E-state index contributed by atoms with van der Waals surface area (Å²) in [5, 5.41) is 3.02. The molecule has 3 N–H and O–H groups in total. The smallest absolute Gasteiger partial charge is 0.275 e. The Hall–Kier alpha value is -2.77. The predicted molar refractivity (Wildman–Crippen MR) is 114 cm³/mol. The SMILES string of the molecule is COc1ccc(C[NH+]2CC[NH+](CC(=O)NCc3ccc(OC)c(OC)c3)CC2)cc1. The summed E-state index contributed by atoms with van der Waals surface area (Å²) < 4.78 is 15.8. The molecule has 3 rings (SSSR count). The first-order chi connectivity index (χ1) is 14.6. The second-order valence-corrected chi connectivity index (χ2v) is 7.67. The number of rotatable bonds is 9. The summed E-state index contributed by atoms with van der Waals surface area (Å²) in [6, 6.07) is 14.0. The van der Waals surface area contributed by atoms with E-state index in [0.717, 1.165) is 44.0 Å². The molecule has 2 aromatic rings. The van der Waals surface area contributed by atoms with Crippen molar-refractivity contribution in [2.75, 3.05) is 54.1 Å². The molecule has 0 aliphatic carbocycles. The summed E-state index contributed by atoms with van der Waals surface area (Å²) in [5.41, 5.74) is 2.31. The Kier molecular flexibility index (Phi) is 7.93. The average Bonchev–Trinajstić information content (AvgIpc) is 2.79. The lowest BCUT2D eigenvalue weighted by atomic mass is 10.2. The van der Waals surface area contributed by atoms with Crippen LogP contribution in [0, 0.1) is 0 Å². The standard InChI is InChI=1S/C23H31N3O4/c1-28-20-7-4-18(5-8-20)16-25-10-12-26(13-11-25)17-23(27)24-15-19-6-9-21(29-2)22(14-19)30-3/h4-9,14H,10-13,15-17H2,1-3H3,(H,24,27)/p+2. The molecule has 30 heavy (non-hydrogen) atoms. The van der Waals surface area contributed by atoms with Gasteiger partial charge in [-0.1, -0.05) is 6.07 Å². The van der Waals surface area contributed by atoms with Crippen molar-refractivity contribution in [1.29, 1.82) is 0 Å². The van der Waals surface area contributed by atoms with E-state index in [1.54, 1.807) is 26.2 Å². The topological polar surface area (TPSA) is 65.7 Å². The van der Waals surface area contributed by atoms with Gasteiger partial charge < -0.3 is 29.3 Å². The highest BCUT2D eigenvalue weighted by molar-refractivity contribution is 5.76. The van der Waals surface area contributed by atoms with Crippen LogP contribution in [0.4, 0.5) is 0 Å². The molecule has 0 radical (unpaired) electrons. The zero-order chi connectivity index (χ0) is 21.3. The molecule has 0 saturated carbocycles. The number of methoxy groups -OCH3 is 3. The zero-order valence-electron chi connectivity index (χ0n) is 18.1. The number of carbonyl (C=O) groups excluding carboxylic acids is 1. The Morgan fingerprint density at radius 3 is 2.10 bits per heavy atom. The molecule has 1 amide bonds. The van der Waals surface area contributed by atoms with Crippen LogP contribution < -0.4 is 29.3 Å². The fourth-order valence-corrected chi connectivity index (χ4v) is 3.82. The molecular formula is C23H33N3O4+2. The van der Waals surface area contributed by atoms with Crippen LogP contribution in [0.15, 0.2) is 42.5 Å². The van der Waals surface area contributed by atoms with Crippen LogP contribution in [0.5, 0.6) is 17.2 Å². The molecule has 1 heterocycles. The quantitative estimate of drug-likeness (QED) is 0.508. The van der Waals surface area contributed by atoms with Crippen molar-refractivity contribution in [2.45, 2.75) is 13.1 Å². The number of quaternary nitrogens is 2. The zero-order valence-corrected chi connectivity index (χ0v) is 18.1. The molecule has 7 nitrogen and oxygen atoms in total. The van der Waals surface area contributed by atoms with Crippen LogP contribution >= 0.6 is 0 Å². The number of amides is 1. The average molecular weight is 416 g/mol. The van der Waals surface area contributed by atoms with Gasteiger partial charge in [0, 0.05) is 12.1 Å². The molecule has 1 aliphatic rings. The molecule has 7 heteroatoms. The van der Waals surface area contributed by atoms with Crippen LogP contribution in [-0.2, 0) is 17.9 Å². The largest absolute Gasteiger partial charge is 0.497 e. The van der Waals surface area contributed by atoms with Crippen molar-refractivity contribution in [2.24, 2.45) is 0 Å². The van der Waals surface area contributed by atoms with E-state index in [4.69, 9.17) is 14.2 Å². The van der Waals surface area contributed by atoms with Crippen LogP contribution in [0.1, 0.15) is 11.1 Å². The van der Waals surface area contributed by atoms with Gasteiger partial charge in [-0.05, 0) is 42.0 Å². The molecule has 0 unspecified atom stereocenters.